The van der Waals surface area contributed by atoms with Crippen molar-refractivity contribution in [2.45, 2.75) is 13.2 Å². The van der Waals surface area contributed by atoms with Gasteiger partial charge in [0.15, 0.2) is 5.65 Å². The van der Waals surface area contributed by atoms with Crippen LogP contribution in [0.1, 0.15) is 5.56 Å². The number of pyridine rings is 1. The van der Waals surface area contributed by atoms with Crippen molar-refractivity contribution in [1.82, 2.24) is 19.1 Å². The van der Waals surface area contributed by atoms with E-state index in [2.05, 4.69) is 10.00 Å². The van der Waals surface area contributed by atoms with Gasteiger partial charge in [-0.3, -0.25) is 9.30 Å². The van der Waals surface area contributed by atoms with Crippen LogP contribution in [0.3, 0.4) is 0 Å². The molecule has 2 heterocycles. The fourth-order valence-corrected chi connectivity index (χ4v) is 2.95. The van der Waals surface area contributed by atoms with Crippen molar-refractivity contribution in [2.75, 3.05) is 14.2 Å². The standard InChI is InChI=1S/C16H17ClN4OS/c1-19(10-12-9-13(17)6-7-14(12)22-2)11-21-16(23)20-8-4-3-5-15(20)18-21/h3-9H,10-11H2,1-2H3. The Bertz CT molecular complexity index is 889. The Balaban J connectivity index is 1.81. The summed E-state index contributed by atoms with van der Waals surface area (Å²) in [5.74, 6) is 0.819. The average Bonchev–Trinajstić information content (AvgIpc) is 2.84. The maximum atomic E-state index is 6.08. The van der Waals surface area contributed by atoms with Crippen molar-refractivity contribution in [3.8, 4) is 5.75 Å². The van der Waals surface area contributed by atoms with Crippen molar-refractivity contribution in [2.24, 2.45) is 0 Å². The van der Waals surface area contributed by atoms with Crippen LogP contribution >= 0.6 is 23.8 Å². The van der Waals surface area contributed by atoms with Gasteiger partial charge in [-0.2, -0.15) is 5.10 Å². The molecule has 3 rings (SSSR count). The number of nitrogens with zero attached hydrogens (tertiary/aromatic N) is 4. The molecule has 1 aromatic carbocycles. The Morgan fingerprint density at radius 1 is 1.30 bits per heavy atom. The summed E-state index contributed by atoms with van der Waals surface area (Å²) in [7, 11) is 3.66. The first-order chi connectivity index (χ1) is 11.1. The minimum absolute atomic E-state index is 0.580. The first kappa shape index (κ1) is 16.0. The van der Waals surface area contributed by atoms with Crippen molar-refractivity contribution < 1.29 is 4.74 Å². The molecule has 0 aliphatic rings. The minimum Gasteiger partial charge on any atom is -0.496 e. The summed E-state index contributed by atoms with van der Waals surface area (Å²) in [5.41, 5.74) is 1.86. The molecule has 7 heteroatoms. The highest BCUT2D eigenvalue weighted by Gasteiger charge is 2.10. The van der Waals surface area contributed by atoms with Gasteiger partial charge in [0, 0.05) is 23.3 Å². The quantitative estimate of drug-likeness (QED) is 0.660. The maximum Gasteiger partial charge on any atom is 0.203 e. The molecule has 0 aliphatic heterocycles. The summed E-state index contributed by atoms with van der Waals surface area (Å²) < 4.78 is 9.76. The number of halogens is 1. The number of hydrogen-bond donors (Lipinski definition) is 0. The highest BCUT2D eigenvalue weighted by atomic mass is 35.5. The molecular weight excluding hydrogens is 332 g/mol. The number of rotatable bonds is 5. The van der Waals surface area contributed by atoms with Gasteiger partial charge in [0.05, 0.1) is 13.8 Å². The highest BCUT2D eigenvalue weighted by molar-refractivity contribution is 7.71. The summed E-state index contributed by atoms with van der Waals surface area (Å²) in [6, 6.07) is 11.4. The molecule has 0 N–H and O–H groups in total. The molecule has 0 saturated carbocycles. The Hall–Kier alpha value is -1.89. The smallest absolute Gasteiger partial charge is 0.203 e. The second-order valence-electron chi connectivity index (χ2n) is 5.32. The zero-order valence-corrected chi connectivity index (χ0v) is 14.5. The Morgan fingerprint density at radius 3 is 2.87 bits per heavy atom. The van der Waals surface area contributed by atoms with Gasteiger partial charge in [-0.1, -0.05) is 17.7 Å². The largest absolute Gasteiger partial charge is 0.496 e. The molecule has 0 spiro atoms. The number of fused-ring (bicyclic) bond motifs is 1. The Kier molecular flexibility index (Phi) is 4.66. The fraction of sp³-hybridized carbons (Fsp3) is 0.250. The van der Waals surface area contributed by atoms with E-state index in [-0.39, 0.29) is 0 Å². The summed E-state index contributed by atoms with van der Waals surface area (Å²) in [6.07, 6.45) is 1.92. The third-order valence-electron chi connectivity index (χ3n) is 3.55. The van der Waals surface area contributed by atoms with Gasteiger partial charge in [-0.15, -0.1) is 0 Å². The van der Waals surface area contributed by atoms with Gasteiger partial charge in [0.25, 0.3) is 0 Å². The molecule has 0 unspecified atom stereocenters. The van der Waals surface area contributed by atoms with Crippen LogP contribution < -0.4 is 4.74 Å². The summed E-state index contributed by atoms with van der Waals surface area (Å²) in [6.45, 7) is 1.26. The van der Waals surface area contributed by atoms with Crippen LogP contribution in [0.4, 0.5) is 0 Å². The molecule has 0 amide bonds. The van der Waals surface area contributed by atoms with Gasteiger partial charge in [0.2, 0.25) is 4.77 Å². The monoisotopic (exact) mass is 348 g/mol. The average molecular weight is 349 g/mol. The van der Waals surface area contributed by atoms with Gasteiger partial charge in [-0.05, 0) is 49.6 Å². The summed E-state index contributed by atoms with van der Waals surface area (Å²) >= 11 is 11.6. The molecule has 0 atom stereocenters. The molecular formula is C16H17ClN4OS. The van der Waals surface area contributed by atoms with Crippen molar-refractivity contribution in [3.63, 3.8) is 0 Å². The van der Waals surface area contributed by atoms with Crippen LogP contribution in [0.5, 0.6) is 5.75 Å². The zero-order chi connectivity index (χ0) is 16.4. The molecule has 0 fully saturated rings. The van der Waals surface area contributed by atoms with Gasteiger partial charge in [0.1, 0.15) is 5.75 Å². The number of aromatic nitrogens is 3. The molecule has 120 valence electrons. The van der Waals surface area contributed by atoms with E-state index in [0.29, 0.717) is 23.0 Å². The van der Waals surface area contributed by atoms with Crippen LogP contribution in [0.25, 0.3) is 5.65 Å². The van der Waals surface area contributed by atoms with Crippen molar-refractivity contribution in [1.29, 1.82) is 0 Å². The molecule has 5 nitrogen and oxygen atoms in total. The molecule has 0 bridgehead atoms. The van der Waals surface area contributed by atoms with E-state index >= 15 is 0 Å². The predicted molar refractivity (Wildman–Crippen MR) is 93.5 cm³/mol. The third kappa shape index (κ3) is 3.39. The SMILES string of the molecule is COc1ccc(Cl)cc1CN(C)Cn1nc2ccccn2c1=S. The summed E-state index contributed by atoms with van der Waals surface area (Å²) in [5, 5.41) is 5.22. The van der Waals surface area contributed by atoms with E-state index in [1.54, 1.807) is 7.11 Å². The molecule has 2 aromatic heterocycles. The summed E-state index contributed by atoms with van der Waals surface area (Å²) in [4.78, 5) is 2.11. The lowest BCUT2D eigenvalue weighted by Gasteiger charge is -2.18. The Morgan fingerprint density at radius 2 is 2.13 bits per heavy atom. The zero-order valence-electron chi connectivity index (χ0n) is 12.9. The van der Waals surface area contributed by atoms with Crippen LogP contribution in [0, 0.1) is 4.77 Å². The lowest BCUT2D eigenvalue weighted by atomic mass is 10.2. The second-order valence-corrected chi connectivity index (χ2v) is 6.12. The van der Waals surface area contributed by atoms with E-state index in [1.807, 2.05) is 58.7 Å². The maximum absolute atomic E-state index is 6.08. The highest BCUT2D eigenvalue weighted by Crippen LogP contribution is 2.23. The number of benzene rings is 1. The van der Waals surface area contributed by atoms with E-state index in [9.17, 15) is 0 Å². The van der Waals surface area contributed by atoms with E-state index in [4.69, 9.17) is 28.6 Å². The van der Waals surface area contributed by atoms with Crippen LogP contribution in [0.15, 0.2) is 42.6 Å². The molecule has 3 aromatic rings. The van der Waals surface area contributed by atoms with Crippen molar-refractivity contribution >= 4 is 29.5 Å². The lowest BCUT2D eigenvalue weighted by Crippen LogP contribution is -2.22. The third-order valence-corrected chi connectivity index (χ3v) is 4.19. The first-order valence-electron chi connectivity index (χ1n) is 7.13. The lowest BCUT2D eigenvalue weighted by molar-refractivity contribution is 0.241. The topological polar surface area (TPSA) is 34.7 Å². The number of ether oxygens (including phenoxy) is 1. The second kappa shape index (κ2) is 6.70. The first-order valence-corrected chi connectivity index (χ1v) is 7.92. The van der Waals surface area contributed by atoms with Gasteiger partial charge >= 0.3 is 0 Å². The van der Waals surface area contributed by atoms with E-state index in [1.165, 1.54) is 0 Å². The normalized spacial score (nSPS) is 11.3. The van der Waals surface area contributed by atoms with E-state index in [0.717, 1.165) is 17.0 Å². The van der Waals surface area contributed by atoms with E-state index < -0.39 is 0 Å². The van der Waals surface area contributed by atoms with Crippen LogP contribution in [-0.2, 0) is 13.2 Å². The number of methoxy groups -OCH3 is 1. The van der Waals surface area contributed by atoms with Gasteiger partial charge < -0.3 is 4.74 Å². The molecule has 0 radical (unpaired) electrons. The minimum atomic E-state index is 0.580. The van der Waals surface area contributed by atoms with Crippen LogP contribution in [-0.4, -0.2) is 33.2 Å². The fourth-order valence-electron chi connectivity index (χ4n) is 2.50. The Labute approximate surface area is 144 Å². The number of hydrogen-bond acceptors (Lipinski definition) is 4. The molecule has 0 aliphatic carbocycles. The van der Waals surface area contributed by atoms with Crippen LogP contribution in [0.2, 0.25) is 5.02 Å². The predicted octanol–water partition coefficient (Wildman–Crippen LogP) is 3.62. The molecule has 23 heavy (non-hydrogen) atoms. The van der Waals surface area contributed by atoms with Crippen molar-refractivity contribution in [3.05, 3.63) is 58.0 Å². The van der Waals surface area contributed by atoms with Gasteiger partial charge in [-0.25, -0.2) is 4.68 Å². The molecule has 0 saturated heterocycles.